The predicted octanol–water partition coefficient (Wildman–Crippen LogP) is 4.30. The summed E-state index contributed by atoms with van der Waals surface area (Å²) in [5, 5.41) is 4.90. The maximum Gasteiger partial charge on any atom is 0.228 e. The standard InChI is InChI=1S/C23H23NO3S/c1-15(2)28(26,27)19-11-6-16(7-12-19)14-22(25)24-21-13-10-18-9-8-17-4-3-5-20(21)23(17)18/h3-7,10-13,15H,8-9,14H2,1-2H3,(H,24,25). The Labute approximate surface area is 165 Å². The van der Waals surface area contributed by atoms with E-state index in [1.54, 1.807) is 38.1 Å². The number of nitrogens with one attached hydrogen (secondary N) is 1. The molecule has 0 aromatic heterocycles. The van der Waals surface area contributed by atoms with E-state index in [4.69, 9.17) is 0 Å². The molecule has 0 fully saturated rings. The molecule has 4 rings (SSSR count). The smallest absolute Gasteiger partial charge is 0.228 e. The van der Waals surface area contributed by atoms with Gasteiger partial charge in [0.05, 0.1) is 16.6 Å². The Morgan fingerprint density at radius 2 is 1.64 bits per heavy atom. The van der Waals surface area contributed by atoms with Gasteiger partial charge < -0.3 is 5.32 Å². The maximum atomic E-state index is 12.6. The Morgan fingerprint density at radius 3 is 2.32 bits per heavy atom. The van der Waals surface area contributed by atoms with Crippen molar-refractivity contribution in [3.8, 4) is 0 Å². The second kappa shape index (κ2) is 7.06. The van der Waals surface area contributed by atoms with E-state index >= 15 is 0 Å². The Morgan fingerprint density at radius 1 is 0.964 bits per heavy atom. The predicted molar refractivity (Wildman–Crippen MR) is 112 cm³/mol. The minimum absolute atomic E-state index is 0.113. The second-order valence-electron chi connectivity index (χ2n) is 7.57. The van der Waals surface area contributed by atoms with E-state index in [1.165, 1.54) is 16.5 Å². The summed E-state index contributed by atoms with van der Waals surface area (Å²) in [5.41, 5.74) is 4.29. The van der Waals surface area contributed by atoms with Gasteiger partial charge in [-0.3, -0.25) is 4.79 Å². The van der Waals surface area contributed by atoms with Crippen LogP contribution in [-0.4, -0.2) is 19.6 Å². The van der Waals surface area contributed by atoms with Crippen LogP contribution in [0.4, 0.5) is 5.69 Å². The average Bonchev–Trinajstić information content (AvgIpc) is 3.09. The third-order valence-corrected chi connectivity index (χ3v) is 7.56. The lowest BCUT2D eigenvalue weighted by molar-refractivity contribution is -0.115. The van der Waals surface area contributed by atoms with Crippen LogP contribution >= 0.6 is 0 Å². The van der Waals surface area contributed by atoms with Gasteiger partial charge in [0.15, 0.2) is 9.84 Å². The SMILES string of the molecule is CC(C)S(=O)(=O)c1ccc(CC(=O)Nc2ccc3c4c(cccc24)CC3)cc1. The van der Waals surface area contributed by atoms with Crippen molar-refractivity contribution in [3.63, 3.8) is 0 Å². The molecule has 0 unspecified atom stereocenters. The van der Waals surface area contributed by atoms with Crippen molar-refractivity contribution in [2.75, 3.05) is 5.32 Å². The van der Waals surface area contributed by atoms with Gasteiger partial charge in [0, 0.05) is 11.1 Å². The van der Waals surface area contributed by atoms with Crippen molar-refractivity contribution < 1.29 is 13.2 Å². The lowest BCUT2D eigenvalue weighted by Gasteiger charge is -2.11. The zero-order chi connectivity index (χ0) is 19.9. The Bertz CT molecular complexity index is 1150. The molecule has 4 nitrogen and oxygen atoms in total. The van der Waals surface area contributed by atoms with Gasteiger partial charge in [0.1, 0.15) is 0 Å². The molecule has 5 heteroatoms. The van der Waals surface area contributed by atoms with Crippen LogP contribution in [0.2, 0.25) is 0 Å². The molecule has 0 bridgehead atoms. The van der Waals surface area contributed by atoms with E-state index in [1.807, 2.05) is 12.1 Å². The van der Waals surface area contributed by atoms with Crippen molar-refractivity contribution in [2.45, 2.75) is 43.3 Å². The lowest BCUT2D eigenvalue weighted by Crippen LogP contribution is -2.16. The summed E-state index contributed by atoms with van der Waals surface area (Å²) in [4.78, 5) is 12.9. The number of aryl methyl sites for hydroxylation is 2. The van der Waals surface area contributed by atoms with Gasteiger partial charge in [0.2, 0.25) is 5.91 Å². The third-order valence-electron chi connectivity index (χ3n) is 5.39. The zero-order valence-electron chi connectivity index (χ0n) is 16.0. The van der Waals surface area contributed by atoms with Crippen LogP contribution in [0.3, 0.4) is 0 Å². The minimum atomic E-state index is -3.30. The van der Waals surface area contributed by atoms with Crippen molar-refractivity contribution in [2.24, 2.45) is 0 Å². The van der Waals surface area contributed by atoms with Crippen molar-refractivity contribution in [1.82, 2.24) is 0 Å². The molecule has 3 aromatic carbocycles. The summed E-state index contributed by atoms with van der Waals surface area (Å²) in [6.07, 6.45) is 2.30. The number of sulfone groups is 1. The lowest BCUT2D eigenvalue weighted by atomic mass is 10.0. The molecule has 1 aliphatic rings. The van der Waals surface area contributed by atoms with Crippen LogP contribution < -0.4 is 5.32 Å². The summed E-state index contributed by atoms with van der Waals surface area (Å²) >= 11 is 0. The van der Waals surface area contributed by atoms with E-state index in [0.717, 1.165) is 29.5 Å². The molecule has 1 amide bonds. The number of carbonyl (C=O) groups excluding carboxylic acids is 1. The van der Waals surface area contributed by atoms with Gasteiger partial charge in [-0.25, -0.2) is 8.42 Å². The quantitative estimate of drug-likeness (QED) is 0.703. The monoisotopic (exact) mass is 393 g/mol. The zero-order valence-corrected chi connectivity index (χ0v) is 16.8. The summed E-state index contributed by atoms with van der Waals surface area (Å²) in [6.45, 7) is 3.32. The van der Waals surface area contributed by atoms with Crippen LogP contribution in [0, 0.1) is 0 Å². The summed E-state index contributed by atoms with van der Waals surface area (Å²) in [6, 6.07) is 16.9. The average molecular weight is 394 g/mol. The molecule has 1 N–H and O–H groups in total. The van der Waals surface area contributed by atoms with Crippen molar-refractivity contribution >= 4 is 32.2 Å². The van der Waals surface area contributed by atoms with Crippen LogP contribution in [0.25, 0.3) is 10.8 Å². The van der Waals surface area contributed by atoms with Gasteiger partial charge in [-0.2, -0.15) is 0 Å². The Hall–Kier alpha value is -2.66. The molecule has 0 aliphatic heterocycles. The second-order valence-corrected chi connectivity index (χ2v) is 10.1. The van der Waals surface area contributed by atoms with Crippen LogP contribution in [0.5, 0.6) is 0 Å². The molecule has 28 heavy (non-hydrogen) atoms. The fourth-order valence-electron chi connectivity index (χ4n) is 3.80. The molecule has 0 saturated heterocycles. The number of carbonyl (C=O) groups is 1. The molecule has 1 aliphatic carbocycles. The first-order valence-corrected chi connectivity index (χ1v) is 11.1. The van der Waals surface area contributed by atoms with Gasteiger partial charge in [-0.1, -0.05) is 36.4 Å². The highest BCUT2D eigenvalue weighted by Crippen LogP contribution is 2.35. The Balaban J connectivity index is 1.52. The minimum Gasteiger partial charge on any atom is -0.325 e. The van der Waals surface area contributed by atoms with Gasteiger partial charge in [0.25, 0.3) is 0 Å². The molecular formula is C23H23NO3S. The molecule has 0 spiro atoms. The topological polar surface area (TPSA) is 63.2 Å². The van der Waals surface area contributed by atoms with E-state index in [-0.39, 0.29) is 12.3 Å². The molecule has 0 heterocycles. The summed E-state index contributed by atoms with van der Waals surface area (Å²) < 4.78 is 24.4. The highest BCUT2D eigenvalue weighted by molar-refractivity contribution is 7.92. The van der Waals surface area contributed by atoms with Crippen LogP contribution in [-0.2, 0) is 33.9 Å². The van der Waals surface area contributed by atoms with Crippen LogP contribution in [0.1, 0.15) is 30.5 Å². The first-order chi connectivity index (χ1) is 13.4. The normalized spacial score (nSPS) is 13.2. The number of hydrogen-bond acceptors (Lipinski definition) is 3. The summed E-state index contributed by atoms with van der Waals surface area (Å²) in [7, 11) is -3.30. The van der Waals surface area contributed by atoms with Crippen LogP contribution in [0.15, 0.2) is 59.5 Å². The van der Waals surface area contributed by atoms with Gasteiger partial charge in [-0.15, -0.1) is 0 Å². The maximum absolute atomic E-state index is 12.6. The van der Waals surface area contributed by atoms with Gasteiger partial charge in [-0.05, 0) is 67.0 Å². The number of rotatable bonds is 5. The highest BCUT2D eigenvalue weighted by Gasteiger charge is 2.19. The molecular weight excluding hydrogens is 370 g/mol. The Kier molecular flexibility index (Phi) is 4.71. The van der Waals surface area contributed by atoms with Gasteiger partial charge >= 0.3 is 0 Å². The largest absolute Gasteiger partial charge is 0.325 e. The fraction of sp³-hybridized carbons (Fsp3) is 0.261. The fourth-order valence-corrected chi connectivity index (χ4v) is 4.86. The molecule has 0 saturated carbocycles. The number of amides is 1. The number of benzene rings is 3. The number of anilines is 1. The van der Waals surface area contributed by atoms with Crippen molar-refractivity contribution in [3.05, 3.63) is 71.3 Å². The number of hydrogen-bond donors (Lipinski definition) is 1. The van der Waals surface area contributed by atoms with E-state index < -0.39 is 15.1 Å². The molecule has 0 atom stereocenters. The summed E-state index contributed by atoms with van der Waals surface area (Å²) in [5.74, 6) is -0.113. The van der Waals surface area contributed by atoms with E-state index in [0.29, 0.717) is 4.90 Å². The first kappa shape index (κ1) is 18.7. The molecule has 0 radical (unpaired) electrons. The molecule has 144 valence electrons. The van der Waals surface area contributed by atoms with Crippen molar-refractivity contribution in [1.29, 1.82) is 0 Å². The molecule has 3 aromatic rings. The third kappa shape index (κ3) is 3.31. The highest BCUT2D eigenvalue weighted by atomic mass is 32.2. The first-order valence-electron chi connectivity index (χ1n) is 9.52. The van der Waals surface area contributed by atoms with E-state index in [2.05, 4.69) is 23.5 Å². The van der Waals surface area contributed by atoms with E-state index in [9.17, 15) is 13.2 Å².